The van der Waals surface area contributed by atoms with Gasteiger partial charge in [-0.1, -0.05) is 13.8 Å². The van der Waals surface area contributed by atoms with Crippen LogP contribution in [0.3, 0.4) is 0 Å². The fraction of sp³-hybridized carbons (Fsp3) is 0.238. The molecule has 3 aromatic rings. The minimum absolute atomic E-state index is 0.0551. The molecule has 1 N–H and O–H groups in total. The Labute approximate surface area is 172 Å². The molecule has 0 fully saturated rings. The molecule has 2 aromatic heterocycles. The zero-order chi connectivity index (χ0) is 21.7. The molecule has 1 aliphatic heterocycles. The number of anilines is 1. The number of aromatic nitrogens is 3. The molecule has 156 valence electrons. The highest BCUT2D eigenvalue weighted by molar-refractivity contribution is 6.04. The molecule has 0 unspecified atom stereocenters. The van der Waals surface area contributed by atoms with Crippen LogP contribution in [0.15, 0.2) is 36.9 Å². The van der Waals surface area contributed by atoms with Gasteiger partial charge >= 0.3 is 0 Å². The first-order valence-electron chi connectivity index (χ1n) is 9.36. The minimum atomic E-state index is -1.06. The van der Waals surface area contributed by atoms with Gasteiger partial charge in [0.25, 0.3) is 5.91 Å². The largest absolute Gasteiger partial charge is 0.486 e. The van der Waals surface area contributed by atoms with E-state index < -0.39 is 23.1 Å². The molecule has 7 nitrogen and oxygen atoms in total. The number of aryl methyl sites for hydroxylation is 1. The highest BCUT2D eigenvalue weighted by atomic mass is 19.1. The van der Waals surface area contributed by atoms with Crippen LogP contribution in [0.25, 0.3) is 11.3 Å². The highest BCUT2D eigenvalue weighted by Gasteiger charge is 2.19. The second-order valence-corrected chi connectivity index (χ2v) is 6.03. The van der Waals surface area contributed by atoms with E-state index in [1.165, 1.54) is 12.4 Å². The third kappa shape index (κ3) is 4.35. The fourth-order valence-electron chi connectivity index (χ4n) is 2.81. The molecule has 4 rings (SSSR count). The minimum Gasteiger partial charge on any atom is -0.486 e. The summed E-state index contributed by atoms with van der Waals surface area (Å²) in [6, 6.07) is 3.67. The van der Waals surface area contributed by atoms with E-state index in [1.54, 1.807) is 0 Å². The molecule has 0 saturated heterocycles. The number of pyridine rings is 1. The quantitative estimate of drug-likeness (QED) is 0.692. The number of carbonyl (C=O) groups is 1. The zero-order valence-corrected chi connectivity index (χ0v) is 16.7. The summed E-state index contributed by atoms with van der Waals surface area (Å²) in [7, 11) is 0. The Morgan fingerprint density at radius 2 is 1.60 bits per heavy atom. The summed E-state index contributed by atoms with van der Waals surface area (Å²) in [6.07, 6.45) is 4.28. The van der Waals surface area contributed by atoms with Gasteiger partial charge in [0.1, 0.15) is 18.8 Å². The normalized spacial score (nSPS) is 11.9. The first-order chi connectivity index (χ1) is 14.5. The topological polar surface area (TPSA) is 86.2 Å². The van der Waals surface area contributed by atoms with E-state index in [1.807, 2.05) is 32.9 Å². The van der Waals surface area contributed by atoms with Crippen LogP contribution >= 0.6 is 0 Å². The Hall–Kier alpha value is -3.62. The van der Waals surface area contributed by atoms with Crippen molar-refractivity contribution < 1.29 is 23.0 Å². The van der Waals surface area contributed by atoms with Gasteiger partial charge in [0.05, 0.1) is 30.5 Å². The molecule has 0 aliphatic carbocycles. The number of nitrogens with one attached hydrogen (secondary N) is 1. The van der Waals surface area contributed by atoms with Crippen molar-refractivity contribution in [1.29, 1.82) is 0 Å². The lowest BCUT2D eigenvalue weighted by atomic mass is 10.0. The first kappa shape index (κ1) is 21.1. The van der Waals surface area contributed by atoms with Gasteiger partial charge in [-0.25, -0.2) is 13.8 Å². The summed E-state index contributed by atoms with van der Waals surface area (Å²) in [4.78, 5) is 23.8. The lowest BCUT2D eigenvalue weighted by Gasteiger charge is -2.20. The number of rotatable bonds is 3. The summed E-state index contributed by atoms with van der Waals surface area (Å²) >= 11 is 0. The van der Waals surface area contributed by atoms with E-state index >= 15 is 0 Å². The van der Waals surface area contributed by atoms with Crippen LogP contribution in [-0.4, -0.2) is 34.1 Å². The van der Waals surface area contributed by atoms with Gasteiger partial charge in [0.2, 0.25) is 0 Å². The molecule has 0 spiro atoms. The summed E-state index contributed by atoms with van der Waals surface area (Å²) in [6.45, 7) is 6.87. The number of nitrogens with zero attached hydrogens (tertiary/aromatic N) is 3. The molecule has 0 saturated carbocycles. The number of ether oxygens (including phenoxy) is 2. The van der Waals surface area contributed by atoms with Crippen LogP contribution in [-0.2, 0) is 0 Å². The van der Waals surface area contributed by atoms with Crippen molar-refractivity contribution in [2.24, 2.45) is 0 Å². The SMILES string of the molecule is CC.Cc1cc2c(cc1-c1cnc(NC(=O)c3c(F)cncc3F)cn1)OCCO2. The molecular weight excluding hydrogens is 394 g/mol. The van der Waals surface area contributed by atoms with E-state index in [2.05, 4.69) is 20.3 Å². The molecule has 0 atom stereocenters. The number of halogens is 2. The van der Waals surface area contributed by atoms with Gasteiger partial charge < -0.3 is 14.8 Å². The molecular formula is C21H20F2N4O3. The van der Waals surface area contributed by atoms with E-state index in [0.29, 0.717) is 30.4 Å². The molecule has 1 aromatic carbocycles. The Morgan fingerprint density at radius 3 is 2.20 bits per heavy atom. The van der Waals surface area contributed by atoms with Gasteiger partial charge in [0.15, 0.2) is 29.0 Å². The first-order valence-corrected chi connectivity index (χ1v) is 9.36. The summed E-state index contributed by atoms with van der Waals surface area (Å²) in [5, 5.41) is 2.32. The van der Waals surface area contributed by atoms with Crippen molar-refractivity contribution in [2.45, 2.75) is 20.8 Å². The average molecular weight is 414 g/mol. The predicted molar refractivity (Wildman–Crippen MR) is 107 cm³/mol. The molecule has 1 amide bonds. The van der Waals surface area contributed by atoms with Gasteiger partial charge in [-0.2, -0.15) is 0 Å². The maximum absolute atomic E-state index is 13.7. The van der Waals surface area contributed by atoms with Crippen LogP contribution in [0.2, 0.25) is 0 Å². The lowest BCUT2D eigenvalue weighted by Crippen LogP contribution is -2.17. The molecule has 3 heterocycles. The maximum Gasteiger partial charge on any atom is 0.262 e. The van der Waals surface area contributed by atoms with E-state index in [9.17, 15) is 13.6 Å². The van der Waals surface area contributed by atoms with Gasteiger partial charge in [0, 0.05) is 5.56 Å². The predicted octanol–water partition coefficient (Wildman–Crippen LogP) is 4.17. The molecule has 0 bridgehead atoms. The van der Waals surface area contributed by atoms with Crippen molar-refractivity contribution in [3.63, 3.8) is 0 Å². The number of fused-ring (bicyclic) bond motifs is 1. The maximum atomic E-state index is 13.7. The van der Waals surface area contributed by atoms with E-state index in [-0.39, 0.29) is 5.82 Å². The number of amides is 1. The van der Waals surface area contributed by atoms with E-state index in [0.717, 1.165) is 23.5 Å². The molecule has 9 heteroatoms. The fourth-order valence-corrected chi connectivity index (χ4v) is 2.81. The third-order valence-corrected chi connectivity index (χ3v) is 4.14. The Kier molecular flexibility index (Phi) is 6.51. The van der Waals surface area contributed by atoms with Crippen LogP contribution in [0.1, 0.15) is 29.8 Å². The van der Waals surface area contributed by atoms with Crippen molar-refractivity contribution in [3.05, 3.63) is 59.7 Å². The standard InChI is InChI=1S/C19H14F2N4O3.C2H6/c1-10-4-15-16(28-3-2-27-15)5-11(10)14-8-24-17(9-23-14)25-19(26)18-12(20)6-22-7-13(18)21;1-2/h4-9H,2-3H2,1H3,(H,24,25,26);1-2H3. The Balaban J connectivity index is 0.00000124. The van der Waals surface area contributed by atoms with Crippen LogP contribution < -0.4 is 14.8 Å². The summed E-state index contributed by atoms with van der Waals surface area (Å²) in [5.74, 6) is -1.75. The highest BCUT2D eigenvalue weighted by Crippen LogP contribution is 2.36. The molecule has 1 aliphatic rings. The smallest absolute Gasteiger partial charge is 0.262 e. The second-order valence-electron chi connectivity index (χ2n) is 6.03. The van der Waals surface area contributed by atoms with E-state index in [4.69, 9.17) is 9.47 Å². The summed E-state index contributed by atoms with van der Waals surface area (Å²) < 4.78 is 38.4. The molecule has 30 heavy (non-hydrogen) atoms. The van der Waals surface area contributed by atoms with Gasteiger partial charge in [-0.15, -0.1) is 0 Å². The second kappa shape index (κ2) is 9.25. The number of carbonyl (C=O) groups excluding carboxylic acids is 1. The van der Waals surface area contributed by atoms with Crippen molar-refractivity contribution >= 4 is 11.7 Å². The van der Waals surface area contributed by atoms with Gasteiger partial charge in [-0.05, 0) is 24.6 Å². The van der Waals surface area contributed by atoms with Crippen LogP contribution in [0.5, 0.6) is 11.5 Å². The third-order valence-electron chi connectivity index (χ3n) is 4.14. The molecule has 0 radical (unpaired) electrons. The number of hydrogen-bond acceptors (Lipinski definition) is 6. The van der Waals surface area contributed by atoms with Crippen molar-refractivity contribution in [3.8, 4) is 22.8 Å². The Bertz CT molecular complexity index is 1040. The summed E-state index contributed by atoms with van der Waals surface area (Å²) in [5.41, 5.74) is 1.52. The van der Waals surface area contributed by atoms with Gasteiger partial charge in [-0.3, -0.25) is 14.8 Å². The van der Waals surface area contributed by atoms with Crippen molar-refractivity contribution in [2.75, 3.05) is 18.5 Å². The number of hydrogen-bond donors (Lipinski definition) is 1. The Morgan fingerprint density at radius 1 is 0.967 bits per heavy atom. The van der Waals surface area contributed by atoms with Crippen LogP contribution in [0.4, 0.5) is 14.6 Å². The lowest BCUT2D eigenvalue weighted by molar-refractivity contribution is 0.101. The zero-order valence-electron chi connectivity index (χ0n) is 16.7. The average Bonchev–Trinajstić information content (AvgIpc) is 2.75. The van der Waals surface area contributed by atoms with Crippen molar-refractivity contribution in [1.82, 2.24) is 15.0 Å². The number of benzene rings is 1. The van der Waals surface area contributed by atoms with Crippen LogP contribution in [0, 0.1) is 18.6 Å². The monoisotopic (exact) mass is 414 g/mol.